The third-order valence-electron chi connectivity index (χ3n) is 6.31. The van der Waals surface area contributed by atoms with Crippen molar-refractivity contribution in [2.45, 2.75) is 31.2 Å². The molecule has 0 spiro atoms. The van der Waals surface area contributed by atoms with E-state index in [-0.39, 0.29) is 23.4 Å². The number of halogens is 3. The number of nitrogens with one attached hydrogen (secondary N) is 2. The Hall–Kier alpha value is -5.11. The monoisotopic (exact) mass is 602 g/mol. The van der Waals surface area contributed by atoms with Crippen LogP contribution in [0.4, 0.5) is 13.2 Å². The van der Waals surface area contributed by atoms with Gasteiger partial charge in [-0.1, -0.05) is 6.07 Å². The minimum Gasteiger partial charge on any atom is -0.507 e. The first-order valence-corrected chi connectivity index (χ1v) is 12.9. The summed E-state index contributed by atoms with van der Waals surface area (Å²) >= 11 is 0. The maximum Gasteiger partial charge on any atom is 0.491 e. The zero-order chi connectivity index (χ0) is 31.1. The van der Waals surface area contributed by atoms with Crippen LogP contribution in [0.15, 0.2) is 66.7 Å². The number of amides is 1. The standard InChI is InChI=1S/C29H25F3N2O9/c30-29(31,32)28(40)42-19-12-8-17(9-13-19)26(38)43-23-5-2-14-33-15-20(23)34-25(37)16-6-10-18(11-7-16)41-27(39)24-21(35)3-1-4-22(24)36/h1,3-4,6-13,20,23,33,35-36H,2,5,14-15H2,(H,34,37)/t20-,23-/m1/s1. The van der Waals surface area contributed by atoms with Crippen LogP contribution < -0.4 is 20.1 Å². The molecule has 14 heteroatoms. The predicted molar refractivity (Wildman–Crippen MR) is 142 cm³/mol. The Bertz CT molecular complexity index is 1470. The van der Waals surface area contributed by atoms with Crippen molar-refractivity contribution in [1.82, 2.24) is 10.6 Å². The number of phenolic OH excluding ortho intramolecular Hbond substituents is 2. The number of aromatic hydroxyl groups is 2. The van der Waals surface area contributed by atoms with Gasteiger partial charge in [0.2, 0.25) is 0 Å². The molecule has 1 saturated heterocycles. The van der Waals surface area contributed by atoms with Gasteiger partial charge in [-0.25, -0.2) is 14.4 Å². The Morgan fingerprint density at radius 3 is 2.00 bits per heavy atom. The summed E-state index contributed by atoms with van der Waals surface area (Å²) in [5, 5.41) is 25.6. The van der Waals surface area contributed by atoms with Crippen LogP contribution in [-0.4, -0.2) is 65.4 Å². The van der Waals surface area contributed by atoms with E-state index in [4.69, 9.17) is 9.47 Å². The molecule has 0 aromatic heterocycles. The van der Waals surface area contributed by atoms with E-state index in [9.17, 15) is 42.6 Å². The Morgan fingerprint density at radius 2 is 1.40 bits per heavy atom. The second kappa shape index (κ2) is 13.2. The van der Waals surface area contributed by atoms with Gasteiger partial charge >= 0.3 is 24.1 Å². The van der Waals surface area contributed by atoms with Crippen LogP contribution >= 0.6 is 0 Å². The third-order valence-corrected chi connectivity index (χ3v) is 6.31. The SMILES string of the molecule is O=C(N[C@@H]1CNCCC[C@H]1OC(=O)c1ccc(OC(=O)C(F)(F)F)cc1)c1ccc(OC(=O)c2c(O)cccc2O)cc1. The Balaban J connectivity index is 1.37. The average molecular weight is 603 g/mol. The largest absolute Gasteiger partial charge is 0.507 e. The van der Waals surface area contributed by atoms with E-state index in [0.717, 1.165) is 24.3 Å². The van der Waals surface area contributed by atoms with Gasteiger partial charge in [0.15, 0.2) is 0 Å². The van der Waals surface area contributed by atoms with Gasteiger partial charge in [-0.2, -0.15) is 13.2 Å². The van der Waals surface area contributed by atoms with Crippen LogP contribution in [0, 0.1) is 0 Å². The molecule has 1 heterocycles. The maximum absolute atomic E-state index is 13.0. The van der Waals surface area contributed by atoms with Gasteiger partial charge in [-0.3, -0.25) is 4.79 Å². The van der Waals surface area contributed by atoms with Gasteiger partial charge < -0.3 is 35.1 Å². The highest BCUT2D eigenvalue weighted by Crippen LogP contribution is 2.28. The molecule has 0 saturated carbocycles. The lowest BCUT2D eigenvalue weighted by molar-refractivity contribution is -0.189. The fraction of sp³-hybridized carbons (Fsp3) is 0.241. The van der Waals surface area contributed by atoms with Gasteiger partial charge in [0.25, 0.3) is 5.91 Å². The van der Waals surface area contributed by atoms with E-state index in [1.165, 1.54) is 42.5 Å². The third kappa shape index (κ3) is 8.01. The van der Waals surface area contributed by atoms with Crippen LogP contribution in [0.5, 0.6) is 23.0 Å². The van der Waals surface area contributed by atoms with Crippen molar-refractivity contribution in [1.29, 1.82) is 0 Å². The van der Waals surface area contributed by atoms with Crippen molar-refractivity contribution in [2.24, 2.45) is 0 Å². The van der Waals surface area contributed by atoms with Crippen LogP contribution in [0.3, 0.4) is 0 Å². The molecule has 0 unspecified atom stereocenters. The molecule has 0 radical (unpaired) electrons. The van der Waals surface area contributed by atoms with Gasteiger partial charge in [-0.05, 0) is 80.1 Å². The summed E-state index contributed by atoms with van der Waals surface area (Å²) in [5.41, 5.74) is -0.216. The number of alkyl halides is 3. The van der Waals surface area contributed by atoms with Crippen molar-refractivity contribution in [2.75, 3.05) is 13.1 Å². The Labute approximate surface area is 242 Å². The number of rotatable bonds is 7. The maximum atomic E-state index is 13.0. The smallest absolute Gasteiger partial charge is 0.491 e. The summed E-state index contributed by atoms with van der Waals surface area (Å²) in [5.74, 6) is -5.97. The molecule has 226 valence electrons. The first-order valence-electron chi connectivity index (χ1n) is 12.9. The second-order valence-electron chi connectivity index (χ2n) is 9.37. The van der Waals surface area contributed by atoms with E-state index < -0.39 is 64.9 Å². The molecule has 1 aliphatic rings. The van der Waals surface area contributed by atoms with E-state index in [1.807, 2.05) is 0 Å². The van der Waals surface area contributed by atoms with Crippen LogP contribution in [0.1, 0.15) is 43.9 Å². The number of carbonyl (C=O) groups is 4. The van der Waals surface area contributed by atoms with E-state index in [0.29, 0.717) is 19.4 Å². The van der Waals surface area contributed by atoms with Crippen molar-refractivity contribution in [3.05, 3.63) is 83.4 Å². The van der Waals surface area contributed by atoms with Crippen LogP contribution in [0.25, 0.3) is 0 Å². The highest BCUT2D eigenvalue weighted by molar-refractivity contribution is 5.97. The summed E-state index contributed by atoms with van der Waals surface area (Å²) in [6.45, 7) is 0.877. The molecule has 3 aromatic carbocycles. The minimum absolute atomic E-state index is 0.00336. The van der Waals surface area contributed by atoms with Crippen molar-refractivity contribution in [3.8, 4) is 23.0 Å². The molecule has 43 heavy (non-hydrogen) atoms. The lowest BCUT2D eigenvalue weighted by atomic mass is 10.1. The zero-order valence-electron chi connectivity index (χ0n) is 22.2. The molecule has 0 bridgehead atoms. The minimum atomic E-state index is -5.17. The molecular weight excluding hydrogens is 577 g/mol. The van der Waals surface area contributed by atoms with Gasteiger partial charge in [-0.15, -0.1) is 0 Å². The predicted octanol–water partition coefficient (Wildman–Crippen LogP) is 3.49. The molecule has 1 fully saturated rings. The summed E-state index contributed by atoms with van der Waals surface area (Å²) < 4.78 is 52.2. The highest BCUT2D eigenvalue weighted by atomic mass is 19.4. The Morgan fingerprint density at radius 1 is 0.814 bits per heavy atom. The quantitative estimate of drug-likeness (QED) is 0.233. The summed E-state index contributed by atoms with van der Waals surface area (Å²) in [6.07, 6.45) is -4.89. The van der Waals surface area contributed by atoms with Crippen LogP contribution in [0.2, 0.25) is 0 Å². The van der Waals surface area contributed by atoms with E-state index >= 15 is 0 Å². The summed E-state index contributed by atoms with van der Waals surface area (Å²) in [4.78, 5) is 49.1. The molecule has 3 aromatic rings. The van der Waals surface area contributed by atoms with Crippen molar-refractivity contribution >= 4 is 23.8 Å². The highest BCUT2D eigenvalue weighted by Gasteiger charge is 2.41. The average Bonchev–Trinajstić information content (AvgIpc) is 3.17. The normalized spacial score (nSPS) is 16.8. The number of carbonyl (C=O) groups excluding carboxylic acids is 4. The topological polar surface area (TPSA) is 160 Å². The molecule has 1 aliphatic heterocycles. The van der Waals surface area contributed by atoms with Gasteiger partial charge in [0.05, 0.1) is 11.6 Å². The van der Waals surface area contributed by atoms with Gasteiger partial charge in [0, 0.05) is 12.1 Å². The molecule has 4 rings (SSSR count). The first kappa shape index (κ1) is 30.8. The number of esters is 3. The number of phenols is 2. The van der Waals surface area contributed by atoms with E-state index in [1.54, 1.807) is 0 Å². The fourth-order valence-electron chi connectivity index (χ4n) is 4.15. The van der Waals surface area contributed by atoms with Crippen molar-refractivity contribution < 1.29 is 56.8 Å². The number of hydrogen-bond acceptors (Lipinski definition) is 10. The summed E-state index contributed by atoms with van der Waals surface area (Å²) in [6, 6.07) is 13.0. The summed E-state index contributed by atoms with van der Waals surface area (Å²) in [7, 11) is 0. The number of benzene rings is 3. The fourth-order valence-corrected chi connectivity index (χ4v) is 4.15. The lowest BCUT2D eigenvalue weighted by Crippen LogP contribution is -2.49. The molecule has 2 atom stereocenters. The molecule has 1 amide bonds. The lowest BCUT2D eigenvalue weighted by Gasteiger charge is -2.26. The number of hydrogen-bond donors (Lipinski definition) is 4. The molecule has 11 nitrogen and oxygen atoms in total. The first-order chi connectivity index (χ1) is 20.4. The zero-order valence-corrected chi connectivity index (χ0v) is 22.2. The molecular formula is C29H25F3N2O9. The second-order valence-corrected chi connectivity index (χ2v) is 9.37. The van der Waals surface area contributed by atoms with Crippen LogP contribution in [-0.2, 0) is 9.53 Å². The molecule has 4 N–H and O–H groups in total. The molecule has 0 aliphatic carbocycles. The van der Waals surface area contributed by atoms with Gasteiger partial charge in [0.1, 0.15) is 34.7 Å². The van der Waals surface area contributed by atoms with Crippen molar-refractivity contribution in [3.63, 3.8) is 0 Å². The Kier molecular flexibility index (Phi) is 9.50. The van der Waals surface area contributed by atoms with E-state index in [2.05, 4.69) is 15.4 Å². The number of ether oxygens (including phenoxy) is 3.